The van der Waals surface area contributed by atoms with Gasteiger partial charge in [-0.1, -0.05) is 20.8 Å². The Labute approximate surface area is 106 Å². The molecule has 0 atom stereocenters. The van der Waals surface area contributed by atoms with Gasteiger partial charge in [0.25, 0.3) is 5.91 Å². The summed E-state index contributed by atoms with van der Waals surface area (Å²) in [6.45, 7) is 6.16. The Morgan fingerprint density at radius 1 is 1.39 bits per heavy atom. The van der Waals surface area contributed by atoms with E-state index in [1.54, 1.807) is 19.4 Å². The first-order chi connectivity index (χ1) is 8.34. The largest absolute Gasteiger partial charge is 0.355 e. The molecular formula is C13H18N4O. The lowest BCUT2D eigenvalue weighted by molar-refractivity contribution is 0.0964. The van der Waals surface area contributed by atoms with Crippen LogP contribution in [0, 0.1) is 0 Å². The first-order valence-electron chi connectivity index (χ1n) is 5.89. The smallest absolute Gasteiger partial charge is 0.254 e. The zero-order valence-corrected chi connectivity index (χ0v) is 11.4. The molecule has 2 heterocycles. The van der Waals surface area contributed by atoms with E-state index in [-0.39, 0.29) is 11.3 Å². The average molecular weight is 246 g/mol. The summed E-state index contributed by atoms with van der Waals surface area (Å²) < 4.78 is 1.87. The maximum absolute atomic E-state index is 11.8. The number of hydrogen-bond donors (Lipinski definition) is 1. The molecule has 96 valence electrons. The molecule has 0 saturated carbocycles. The summed E-state index contributed by atoms with van der Waals surface area (Å²) in [7, 11) is 3.50. The maximum Gasteiger partial charge on any atom is 0.254 e. The molecule has 2 aromatic heterocycles. The first-order valence-corrected chi connectivity index (χ1v) is 5.89. The Morgan fingerprint density at radius 3 is 2.61 bits per heavy atom. The van der Waals surface area contributed by atoms with Crippen LogP contribution in [0.2, 0.25) is 0 Å². The van der Waals surface area contributed by atoms with Crippen molar-refractivity contribution in [3.63, 3.8) is 0 Å². The molecule has 2 rings (SSSR count). The molecule has 5 heteroatoms. The fraction of sp³-hybridized carbons (Fsp3) is 0.462. The third kappa shape index (κ3) is 1.96. The highest BCUT2D eigenvalue weighted by molar-refractivity contribution is 6.05. The van der Waals surface area contributed by atoms with Crippen molar-refractivity contribution in [2.75, 3.05) is 7.05 Å². The van der Waals surface area contributed by atoms with Gasteiger partial charge in [0.2, 0.25) is 0 Å². The lowest BCUT2D eigenvalue weighted by Crippen LogP contribution is -2.19. The van der Waals surface area contributed by atoms with E-state index in [2.05, 4.69) is 36.1 Å². The fourth-order valence-corrected chi connectivity index (χ4v) is 1.82. The number of fused-ring (bicyclic) bond motifs is 1. The normalized spacial score (nSPS) is 11.8. The van der Waals surface area contributed by atoms with Crippen LogP contribution in [0.4, 0.5) is 0 Å². The van der Waals surface area contributed by atoms with Crippen LogP contribution < -0.4 is 5.32 Å². The van der Waals surface area contributed by atoms with Gasteiger partial charge < -0.3 is 9.88 Å². The van der Waals surface area contributed by atoms with Crippen LogP contribution in [0.1, 0.15) is 37.0 Å². The number of aromatic nitrogens is 3. The molecule has 0 bridgehead atoms. The fourth-order valence-electron chi connectivity index (χ4n) is 1.82. The van der Waals surface area contributed by atoms with Gasteiger partial charge in [-0.15, -0.1) is 0 Å². The maximum atomic E-state index is 11.8. The van der Waals surface area contributed by atoms with E-state index in [1.807, 2.05) is 11.6 Å². The zero-order chi connectivity index (χ0) is 13.5. The minimum Gasteiger partial charge on any atom is -0.355 e. The molecule has 0 unspecified atom stereocenters. The van der Waals surface area contributed by atoms with Crippen LogP contribution in [0.25, 0.3) is 11.0 Å². The first kappa shape index (κ1) is 12.5. The Morgan fingerprint density at radius 2 is 2.06 bits per heavy atom. The van der Waals surface area contributed by atoms with Crippen LogP contribution >= 0.6 is 0 Å². The molecule has 1 amide bonds. The lowest BCUT2D eigenvalue weighted by Gasteiger charge is -2.16. The van der Waals surface area contributed by atoms with Gasteiger partial charge in [0.1, 0.15) is 11.3 Å². The summed E-state index contributed by atoms with van der Waals surface area (Å²) in [4.78, 5) is 20.7. The quantitative estimate of drug-likeness (QED) is 0.832. The van der Waals surface area contributed by atoms with Crippen molar-refractivity contribution in [3.05, 3.63) is 23.8 Å². The van der Waals surface area contributed by atoms with Gasteiger partial charge >= 0.3 is 0 Å². The summed E-state index contributed by atoms with van der Waals surface area (Å²) in [5.41, 5.74) is 2.02. The number of nitrogens with zero attached hydrogens (tertiary/aromatic N) is 3. The predicted octanol–water partition coefficient (Wildman–Crippen LogP) is 1.63. The third-order valence-electron chi connectivity index (χ3n) is 2.87. The van der Waals surface area contributed by atoms with E-state index in [9.17, 15) is 4.79 Å². The molecule has 0 aromatic carbocycles. The second kappa shape index (κ2) is 4.08. The van der Waals surface area contributed by atoms with Crippen LogP contribution in [-0.2, 0) is 12.5 Å². The highest BCUT2D eigenvalue weighted by Gasteiger charge is 2.21. The minimum absolute atomic E-state index is 0.126. The van der Waals surface area contributed by atoms with Crippen molar-refractivity contribution in [1.29, 1.82) is 0 Å². The van der Waals surface area contributed by atoms with Gasteiger partial charge in [-0.05, 0) is 0 Å². The SMILES string of the molecule is CNC(=O)c1cn(C)c2cnc(C(C)(C)C)nc12. The Kier molecular flexibility index (Phi) is 2.84. The summed E-state index contributed by atoms with van der Waals surface area (Å²) >= 11 is 0. The second-order valence-corrected chi connectivity index (χ2v) is 5.41. The van der Waals surface area contributed by atoms with Gasteiger partial charge in [-0.3, -0.25) is 4.79 Å². The third-order valence-corrected chi connectivity index (χ3v) is 2.87. The summed E-state index contributed by atoms with van der Waals surface area (Å²) in [6, 6.07) is 0. The van der Waals surface area contributed by atoms with E-state index < -0.39 is 0 Å². The van der Waals surface area contributed by atoms with Crippen LogP contribution in [0.5, 0.6) is 0 Å². The van der Waals surface area contributed by atoms with Gasteiger partial charge in [0.15, 0.2) is 0 Å². The van der Waals surface area contributed by atoms with E-state index in [4.69, 9.17) is 0 Å². The zero-order valence-electron chi connectivity index (χ0n) is 11.4. The summed E-state index contributed by atoms with van der Waals surface area (Å²) in [6.07, 6.45) is 3.56. The average Bonchev–Trinajstić information content (AvgIpc) is 2.64. The molecule has 0 aliphatic rings. The molecule has 0 fully saturated rings. The van der Waals surface area contributed by atoms with E-state index in [0.29, 0.717) is 11.1 Å². The second-order valence-electron chi connectivity index (χ2n) is 5.41. The summed E-state index contributed by atoms with van der Waals surface area (Å²) in [5.74, 6) is 0.616. The van der Waals surface area contributed by atoms with E-state index in [1.165, 1.54) is 0 Å². The van der Waals surface area contributed by atoms with Gasteiger partial charge in [0.05, 0.1) is 17.3 Å². The van der Waals surface area contributed by atoms with Crippen LogP contribution in [-0.4, -0.2) is 27.5 Å². The topological polar surface area (TPSA) is 59.8 Å². The van der Waals surface area contributed by atoms with Crippen molar-refractivity contribution in [3.8, 4) is 0 Å². The molecular weight excluding hydrogens is 228 g/mol. The molecule has 18 heavy (non-hydrogen) atoms. The minimum atomic E-state index is -0.135. The lowest BCUT2D eigenvalue weighted by atomic mass is 9.95. The van der Waals surface area contributed by atoms with Crippen LogP contribution in [0.3, 0.4) is 0 Å². The van der Waals surface area contributed by atoms with Crippen molar-refractivity contribution in [2.45, 2.75) is 26.2 Å². The standard InChI is InChI=1S/C13H18N4O/c1-13(2,3)12-15-6-9-10(16-12)8(7-17(9)5)11(18)14-4/h6-7H,1-5H3,(H,14,18). The molecule has 0 aliphatic carbocycles. The Bertz CT molecular complexity index is 607. The molecule has 0 spiro atoms. The predicted molar refractivity (Wildman–Crippen MR) is 70.6 cm³/mol. The molecule has 0 saturated heterocycles. The number of carbonyl (C=O) groups is 1. The monoisotopic (exact) mass is 246 g/mol. The van der Waals surface area contributed by atoms with E-state index in [0.717, 1.165) is 11.3 Å². The van der Waals surface area contributed by atoms with Crippen molar-refractivity contribution in [1.82, 2.24) is 19.9 Å². The van der Waals surface area contributed by atoms with Crippen molar-refractivity contribution in [2.24, 2.45) is 7.05 Å². The number of carbonyl (C=O) groups excluding carboxylic acids is 1. The van der Waals surface area contributed by atoms with E-state index >= 15 is 0 Å². The van der Waals surface area contributed by atoms with Gasteiger partial charge in [-0.25, -0.2) is 9.97 Å². The molecule has 0 aliphatic heterocycles. The Hall–Kier alpha value is -1.91. The summed E-state index contributed by atoms with van der Waals surface area (Å²) in [5, 5.41) is 2.63. The molecule has 1 N–H and O–H groups in total. The number of amides is 1. The van der Waals surface area contributed by atoms with Crippen LogP contribution in [0.15, 0.2) is 12.4 Å². The Balaban J connectivity index is 2.70. The van der Waals surface area contributed by atoms with Gasteiger partial charge in [-0.2, -0.15) is 0 Å². The van der Waals surface area contributed by atoms with Gasteiger partial charge in [0, 0.05) is 25.7 Å². The molecule has 0 radical (unpaired) electrons. The number of nitrogens with one attached hydrogen (secondary N) is 1. The highest BCUT2D eigenvalue weighted by atomic mass is 16.1. The number of hydrogen-bond acceptors (Lipinski definition) is 3. The number of aryl methyl sites for hydroxylation is 1. The number of rotatable bonds is 1. The highest BCUT2D eigenvalue weighted by Crippen LogP contribution is 2.23. The van der Waals surface area contributed by atoms with Crippen molar-refractivity contribution >= 4 is 16.9 Å². The molecule has 2 aromatic rings. The van der Waals surface area contributed by atoms with Crippen molar-refractivity contribution < 1.29 is 4.79 Å². The molecule has 5 nitrogen and oxygen atoms in total.